The number of amides is 1. The number of thiophene rings is 1. The van der Waals surface area contributed by atoms with Crippen LogP contribution in [0.1, 0.15) is 20.0 Å². The summed E-state index contributed by atoms with van der Waals surface area (Å²) in [7, 11) is 2.11. The van der Waals surface area contributed by atoms with Crippen molar-refractivity contribution in [1.29, 1.82) is 0 Å². The zero-order valence-corrected chi connectivity index (χ0v) is 15.5. The molecule has 0 unspecified atom stereocenters. The first-order valence-corrected chi connectivity index (χ1v) is 9.39. The molecule has 0 bridgehead atoms. The Labute approximate surface area is 159 Å². The van der Waals surface area contributed by atoms with Gasteiger partial charge in [0.05, 0.1) is 10.2 Å². The zero-order chi connectivity index (χ0) is 19.0. The van der Waals surface area contributed by atoms with E-state index in [0.29, 0.717) is 21.6 Å². The standard InChI is InChI=1S/C18H19N5O3S/c1-22-6-8-23(9-7-22)12-4-2-11(3-5-12)17(24)19-16-15-13(20-21-16)10-14(27-15)18(25)26/h2-5,10H,6-9H2,1H3,(H,25,26)(H2,19,20,21,24). The van der Waals surface area contributed by atoms with E-state index in [1.54, 1.807) is 12.1 Å². The van der Waals surface area contributed by atoms with Gasteiger partial charge in [-0.05, 0) is 37.4 Å². The van der Waals surface area contributed by atoms with E-state index in [1.165, 1.54) is 6.07 Å². The van der Waals surface area contributed by atoms with Crippen LogP contribution in [0.3, 0.4) is 0 Å². The number of likely N-dealkylation sites (N-methyl/N-ethyl adjacent to an activating group) is 1. The van der Waals surface area contributed by atoms with E-state index in [0.717, 1.165) is 43.2 Å². The maximum atomic E-state index is 12.5. The number of hydrogen-bond donors (Lipinski definition) is 3. The molecule has 27 heavy (non-hydrogen) atoms. The molecule has 9 heteroatoms. The molecule has 1 aliphatic heterocycles. The van der Waals surface area contributed by atoms with Crippen LogP contribution >= 0.6 is 11.3 Å². The summed E-state index contributed by atoms with van der Waals surface area (Å²) in [6.07, 6.45) is 0. The van der Waals surface area contributed by atoms with Gasteiger partial charge in [0.25, 0.3) is 5.91 Å². The van der Waals surface area contributed by atoms with Crippen molar-refractivity contribution in [3.05, 3.63) is 40.8 Å². The van der Waals surface area contributed by atoms with Crippen LogP contribution < -0.4 is 10.2 Å². The fourth-order valence-electron chi connectivity index (χ4n) is 3.07. The van der Waals surface area contributed by atoms with E-state index >= 15 is 0 Å². The second kappa shape index (κ2) is 7.01. The minimum atomic E-state index is -0.999. The van der Waals surface area contributed by atoms with Gasteiger partial charge in [-0.15, -0.1) is 11.3 Å². The minimum Gasteiger partial charge on any atom is -0.477 e. The van der Waals surface area contributed by atoms with E-state index in [2.05, 4.69) is 32.4 Å². The third-order valence-electron chi connectivity index (χ3n) is 4.68. The van der Waals surface area contributed by atoms with Gasteiger partial charge in [0.1, 0.15) is 4.88 Å². The van der Waals surface area contributed by atoms with Crippen molar-refractivity contribution >= 4 is 44.9 Å². The summed E-state index contributed by atoms with van der Waals surface area (Å²) in [5, 5.41) is 18.7. The summed E-state index contributed by atoms with van der Waals surface area (Å²) >= 11 is 1.08. The minimum absolute atomic E-state index is 0.200. The predicted molar refractivity (Wildman–Crippen MR) is 105 cm³/mol. The first kappa shape index (κ1) is 17.5. The number of fused-ring (bicyclic) bond motifs is 1. The number of benzene rings is 1. The summed E-state index contributed by atoms with van der Waals surface area (Å²) in [6, 6.07) is 9.01. The molecule has 0 spiro atoms. The smallest absolute Gasteiger partial charge is 0.345 e. The van der Waals surface area contributed by atoms with E-state index in [1.807, 2.05) is 12.1 Å². The van der Waals surface area contributed by atoms with E-state index in [4.69, 9.17) is 5.11 Å². The second-order valence-corrected chi connectivity index (χ2v) is 7.57. The third kappa shape index (κ3) is 3.51. The molecule has 0 atom stereocenters. The number of piperazine rings is 1. The van der Waals surface area contributed by atoms with Gasteiger partial charge in [-0.1, -0.05) is 0 Å². The van der Waals surface area contributed by atoms with Crippen molar-refractivity contribution in [2.45, 2.75) is 0 Å². The van der Waals surface area contributed by atoms with Crippen LogP contribution in [-0.4, -0.2) is 65.3 Å². The van der Waals surface area contributed by atoms with Gasteiger partial charge in [0.2, 0.25) is 0 Å². The quantitative estimate of drug-likeness (QED) is 0.637. The highest BCUT2D eigenvalue weighted by atomic mass is 32.1. The summed E-state index contributed by atoms with van der Waals surface area (Å²) in [6.45, 7) is 3.99. The first-order chi connectivity index (χ1) is 13.0. The highest BCUT2D eigenvalue weighted by Gasteiger charge is 2.18. The highest BCUT2D eigenvalue weighted by molar-refractivity contribution is 7.21. The molecular formula is C18H19N5O3S. The van der Waals surface area contributed by atoms with Crippen molar-refractivity contribution in [3.63, 3.8) is 0 Å². The largest absolute Gasteiger partial charge is 0.477 e. The SMILES string of the molecule is CN1CCN(c2ccc(C(=O)Nc3n[nH]c4cc(C(=O)O)sc34)cc2)CC1. The topological polar surface area (TPSA) is 102 Å². The van der Waals surface area contributed by atoms with E-state index in [-0.39, 0.29) is 10.8 Å². The molecule has 1 aromatic carbocycles. The Morgan fingerprint density at radius 3 is 2.56 bits per heavy atom. The average Bonchev–Trinajstić information content (AvgIpc) is 3.25. The molecule has 1 amide bonds. The lowest BCUT2D eigenvalue weighted by Gasteiger charge is -2.34. The van der Waals surface area contributed by atoms with Gasteiger partial charge in [0, 0.05) is 37.4 Å². The van der Waals surface area contributed by atoms with Gasteiger partial charge in [-0.2, -0.15) is 5.10 Å². The van der Waals surface area contributed by atoms with Gasteiger partial charge < -0.3 is 20.2 Å². The molecule has 1 aliphatic rings. The molecule has 0 saturated carbocycles. The normalized spacial score (nSPS) is 15.2. The number of hydrogen-bond acceptors (Lipinski definition) is 6. The number of anilines is 2. The molecule has 0 radical (unpaired) electrons. The average molecular weight is 385 g/mol. The van der Waals surface area contributed by atoms with Crippen LogP contribution in [0.15, 0.2) is 30.3 Å². The lowest BCUT2D eigenvalue weighted by atomic mass is 10.1. The van der Waals surface area contributed by atoms with Gasteiger partial charge in [-0.25, -0.2) is 4.79 Å². The van der Waals surface area contributed by atoms with Crippen LogP contribution in [0, 0.1) is 0 Å². The monoisotopic (exact) mass is 385 g/mol. The van der Waals surface area contributed by atoms with Gasteiger partial charge in [0.15, 0.2) is 5.82 Å². The fraction of sp³-hybridized carbons (Fsp3) is 0.278. The summed E-state index contributed by atoms with van der Waals surface area (Å²) < 4.78 is 0.620. The molecule has 3 heterocycles. The summed E-state index contributed by atoms with van der Waals surface area (Å²) in [5.74, 6) is -0.935. The number of carbonyl (C=O) groups is 2. The second-order valence-electron chi connectivity index (χ2n) is 6.52. The van der Waals surface area contributed by atoms with Gasteiger partial charge >= 0.3 is 5.97 Å². The van der Waals surface area contributed by atoms with Crippen LogP contribution in [0.25, 0.3) is 10.2 Å². The Hall–Kier alpha value is -2.91. The van der Waals surface area contributed by atoms with Crippen LogP contribution in [0.5, 0.6) is 0 Å². The molecule has 1 fully saturated rings. The fourth-order valence-corrected chi connectivity index (χ4v) is 3.97. The summed E-state index contributed by atoms with van der Waals surface area (Å²) in [5.41, 5.74) is 2.23. The highest BCUT2D eigenvalue weighted by Crippen LogP contribution is 2.30. The molecule has 8 nitrogen and oxygen atoms in total. The van der Waals surface area contributed by atoms with Crippen molar-refractivity contribution in [2.24, 2.45) is 0 Å². The van der Waals surface area contributed by atoms with Crippen molar-refractivity contribution in [2.75, 3.05) is 43.4 Å². The lowest BCUT2D eigenvalue weighted by molar-refractivity contribution is 0.0702. The number of nitrogens with one attached hydrogen (secondary N) is 2. The first-order valence-electron chi connectivity index (χ1n) is 8.57. The molecular weight excluding hydrogens is 366 g/mol. The number of aromatic nitrogens is 2. The van der Waals surface area contributed by atoms with Crippen LogP contribution in [0.4, 0.5) is 11.5 Å². The Morgan fingerprint density at radius 1 is 1.19 bits per heavy atom. The Kier molecular flexibility index (Phi) is 4.54. The molecule has 4 rings (SSSR count). The number of rotatable bonds is 4. The lowest BCUT2D eigenvalue weighted by Crippen LogP contribution is -2.44. The molecule has 3 N–H and O–H groups in total. The number of aromatic carboxylic acids is 1. The van der Waals surface area contributed by atoms with Crippen molar-refractivity contribution < 1.29 is 14.7 Å². The number of carbonyl (C=O) groups excluding carboxylic acids is 1. The van der Waals surface area contributed by atoms with E-state index in [9.17, 15) is 9.59 Å². The Bertz CT molecular complexity index is 986. The number of carboxylic acids is 1. The molecule has 1 saturated heterocycles. The van der Waals surface area contributed by atoms with Crippen molar-refractivity contribution in [1.82, 2.24) is 15.1 Å². The number of H-pyrrole nitrogens is 1. The van der Waals surface area contributed by atoms with Crippen molar-refractivity contribution in [3.8, 4) is 0 Å². The molecule has 3 aromatic rings. The Morgan fingerprint density at radius 2 is 1.89 bits per heavy atom. The van der Waals surface area contributed by atoms with Crippen LogP contribution in [-0.2, 0) is 0 Å². The third-order valence-corrected chi connectivity index (χ3v) is 5.81. The van der Waals surface area contributed by atoms with Crippen LogP contribution in [0.2, 0.25) is 0 Å². The maximum Gasteiger partial charge on any atom is 0.345 e. The predicted octanol–water partition coefficient (Wildman–Crippen LogP) is 2.33. The summed E-state index contributed by atoms with van der Waals surface area (Å²) in [4.78, 5) is 28.4. The number of nitrogens with zero attached hydrogens (tertiary/aromatic N) is 3. The van der Waals surface area contributed by atoms with E-state index < -0.39 is 5.97 Å². The molecule has 2 aromatic heterocycles. The molecule has 140 valence electrons. The Balaban J connectivity index is 1.47. The number of carboxylic acid groups (broad SMARTS) is 1. The van der Waals surface area contributed by atoms with Gasteiger partial charge in [-0.3, -0.25) is 9.89 Å². The number of aromatic amines is 1. The molecule has 0 aliphatic carbocycles. The zero-order valence-electron chi connectivity index (χ0n) is 14.7. The maximum absolute atomic E-state index is 12.5.